The van der Waals surface area contributed by atoms with E-state index < -0.39 is 26.8 Å². The number of primary amides is 1. The lowest BCUT2D eigenvalue weighted by Gasteiger charge is -2.19. The summed E-state index contributed by atoms with van der Waals surface area (Å²) < 4.78 is 31.9. The SMILES string of the molecule is CC1(S(=O)(=O)O)CC2=CC(=NNC(N)=O)C(=O)C=C2N1. The first kappa shape index (κ1) is 14.2. The number of nitrogens with one attached hydrogen (secondary N) is 2. The first-order valence-electron chi connectivity index (χ1n) is 5.48. The van der Waals surface area contributed by atoms with Crippen molar-refractivity contribution in [3.8, 4) is 0 Å². The number of hydrogen-bond acceptors (Lipinski definition) is 6. The van der Waals surface area contributed by atoms with Gasteiger partial charge in [-0.1, -0.05) is 0 Å². The largest absolute Gasteiger partial charge is 0.364 e. The normalized spacial score (nSPS) is 27.5. The second kappa shape index (κ2) is 4.42. The molecule has 9 nitrogen and oxygen atoms in total. The molecule has 10 heteroatoms. The van der Waals surface area contributed by atoms with Crippen LogP contribution >= 0.6 is 0 Å². The summed E-state index contributed by atoms with van der Waals surface area (Å²) in [5, 5.41) is 6.11. The third kappa shape index (κ3) is 2.42. The topological polar surface area (TPSA) is 151 Å². The van der Waals surface area contributed by atoms with E-state index in [0.717, 1.165) is 6.08 Å². The molecule has 1 fully saturated rings. The Bertz CT molecular complexity index is 690. The summed E-state index contributed by atoms with van der Waals surface area (Å²) in [7, 11) is -4.35. The van der Waals surface area contributed by atoms with Gasteiger partial charge in [0.1, 0.15) is 5.71 Å². The third-order valence-corrected chi connectivity index (χ3v) is 4.35. The van der Waals surface area contributed by atoms with Gasteiger partial charge in [0, 0.05) is 18.2 Å². The monoisotopic (exact) mass is 300 g/mol. The number of carbonyl (C=O) groups is 2. The van der Waals surface area contributed by atoms with Gasteiger partial charge in [0.25, 0.3) is 10.1 Å². The van der Waals surface area contributed by atoms with Crippen molar-refractivity contribution in [1.82, 2.24) is 10.7 Å². The molecule has 0 aromatic heterocycles. The number of amides is 2. The van der Waals surface area contributed by atoms with Crippen molar-refractivity contribution in [2.45, 2.75) is 18.2 Å². The van der Waals surface area contributed by atoms with Crippen LogP contribution in [0, 0.1) is 0 Å². The number of carbonyl (C=O) groups excluding carboxylic acids is 2. The van der Waals surface area contributed by atoms with Crippen molar-refractivity contribution in [1.29, 1.82) is 0 Å². The number of nitrogens with zero attached hydrogens (tertiary/aromatic N) is 1. The van der Waals surface area contributed by atoms with Gasteiger partial charge in [0.15, 0.2) is 4.87 Å². The minimum absolute atomic E-state index is 0.0411. The lowest BCUT2D eigenvalue weighted by Crippen LogP contribution is -2.43. The molecule has 1 unspecified atom stereocenters. The lowest BCUT2D eigenvalue weighted by molar-refractivity contribution is -0.108. The van der Waals surface area contributed by atoms with E-state index in [1.165, 1.54) is 13.0 Å². The van der Waals surface area contributed by atoms with E-state index in [1.54, 1.807) is 0 Å². The quantitative estimate of drug-likeness (QED) is 0.292. The summed E-state index contributed by atoms with van der Waals surface area (Å²) in [6, 6.07) is -0.925. The van der Waals surface area contributed by atoms with Gasteiger partial charge in [-0.3, -0.25) is 9.35 Å². The molecule has 1 saturated heterocycles. The second-order valence-corrected chi connectivity index (χ2v) is 6.42. The predicted octanol–water partition coefficient (Wildman–Crippen LogP) is -0.999. The molecule has 0 radical (unpaired) electrons. The first-order chi connectivity index (χ1) is 9.12. The molecule has 20 heavy (non-hydrogen) atoms. The van der Waals surface area contributed by atoms with Gasteiger partial charge in [0.05, 0.1) is 0 Å². The summed E-state index contributed by atoms with van der Waals surface area (Å²) in [5.41, 5.74) is 7.45. The maximum atomic E-state index is 11.7. The Hall–Kier alpha value is -2.20. The summed E-state index contributed by atoms with van der Waals surface area (Å²) in [6.45, 7) is 1.30. The molecular formula is C10H12N4O5S. The molecule has 2 aliphatic rings. The summed E-state index contributed by atoms with van der Waals surface area (Å²) in [6.07, 6.45) is 2.44. The Morgan fingerprint density at radius 1 is 1.55 bits per heavy atom. The molecule has 0 spiro atoms. The maximum Gasteiger partial charge on any atom is 0.332 e. The Labute approximate surface area is 114 Å². The van der Waals surface area contributed by atoms with Crippen molar-refractivity contribution in [3.63, 3.8) is 0 Å². The molecule has 108 valence electrons. The molecule has 1 atom stereocenters. The van der Waals surface area contributed by atoms with Gasteiger partial charge in [-0.05, 0) is 18.6 Å². The molecule has 2 rings (SSSR count). The standard InChI is InChI=1S/C10H12N4O5S/c1-10(20(17,18)19)4-5-2-7(13-14-9(11)16)8(15)3-6(5)12-10/h2-3,12H,4H2,1H3,(H3,11,14,16)(H,17,18,19). The van der Waals surface area contributed by atoms with E-state index in [4.69, 9.17) is 5.73 Å². The van der Waals surface area contributed by atoms with E-state index in [9.17, 15) is 22.6 Å². The first-order valence-corrected chi connectivity index (χ1v) is 6.92. The number of rotatable bonds is 2. The Balaban J connectivity index is 2.36. The van der Waals surface area contributed by atoms with Crippen LogP contribution in [0.25, 0.3) is 0 Å². The van der Waals surface area contributed by atoms with Crippen LogP contribution in [0.15, 0.2) is 28.5 Å². The summed E-state index contributed by atoms with van der Waals surface area (Å²) in [5.74, 6) is -0.524. The number of nitrogens with two attached hydrogens (primary N) is 1. The second-order valence-electron chi connectivity index (χ2n) is 4.57. The molecule has 5 N–H and O–H groups in total. The van der Waals surface area contributed by atoms with Crippen LogP contribution in [0.2, 0.25) is 0 Å². The lowest BCUT2D eigenvalue weighted by atomic mass is 10.0. The molecule has 0 aromatic rings. The Morgan fingerprint density at radius 3 is 2.75 bits per heavy atom. The van der Waals surface area contributed by atoms with Crippen molar-refractivity contribution in [2.75, 3.05) is 0 Å². The molecule has 1 aliphatic carbocycles. The Kier molecular flexibility index (Phi) is 3.14. The van der Waals surface area contributed by atoms with E-state index in [0.29, 0.717) is 11.3 Å². The molecule has 1 aliphatic heterocycles. The highest BCUT2D eigenvalue weighted by Crippen LogP contribution is 2.35. The van der Waals surface area contributed by atoms with Gasteiger partial charge >= 0.3 is 6.03 Å². The zero-order valence-electron chi connectivity index (χ0n) is 10.4. The average molecular weight is 300 g/mol. The smallest absolute Gasteiger partial charge is 0.332 e. The summed E-state index contributed by atoms with van der Waals surface area (Å²) >= 11 is 0. The number of fused-ring (bicyclic) bond motifs is 1. The van der Waals surface area contributed by atoms with Gasteiger partial charge in [-0.15, -0.1) is 0 Å². The van der Waals surface area contributed by atoms with Crippen LogP contribution < -0.4 is 16.5 Å². The molecule has 0 bridgehead atoms. The van der Waals surface area contributed by atoms with Crippen LogP contribution in [-0.2, 0) is 14.9 Å². The maximum absolute atomic E-state index is 11.7. The molecule has 1 heterocycles. The number of allylic oxidation sites excluding steroid dienone is 3. The number of hydrogen-bond donors (Lipinski definition) is 4. The highest BCUT2D eigenvalue weighted by molar-refractivity contribution is 7.87. The van der Waals surface area contributed by atoms with E-state index in [-0.39, 0.29) is 12.1 Å². The van der Waals surface area contributed by atoms with Crippen LogP contribution in [-0.4, -0.2) is 35.4 Å². The highest BCUT2D eigenvalue weighted by Gasteiger charge is 2.46. The van der Waals surface area contributed by atoms with Gasteiger partial charge in [0.2, 0.25) is 5.78 Å². The van der Waals surface area contributed by atoms with Crippen LogP contribution in [0.4, 0.5) is 4.79 Å². The van der Waals surface area contributed by atoms with Crippen LogP contribution in [0.1, 0.15) is 13.3 Å². The number of ketones is 1. The predicted molar refractivity (Wildman–Crippen MR) is 69.0 cm³/mol. The van der Waals surface area contributed by atoms with Crippen LogP contribution in [0.5, 0.6) is 0 Å². The average Bonchev–Trinajstić information content (AvgIpc) is 2.62. The zero-order chi connectivity index (χ0) is 15.1. The van der Waals surface area contributed by atoms with E-state index >= 15 is 0 Å². The van der Waals surface area contributed by atoms with E-state index in [2.05, 4.69) is 10.4 Å². The number of hydrazone groups is 1. The Morgan fingerprint density at radius 2 is 2.20 bits per heavy atom. The fourth-order valence-electron chi connectivity index (χ4n) is 1.93. The van der Waals surface area contributed by atoms with Crippen molar-refractivity contribution >= 4 is 27.6 Å². The molecule has 0 saturated carbocycles. The summed E-state index contributed by atoms with van der Waals surface area (Å²) in [4.78, 5) is 20.7. The van der Waals surface area contributed by atoms with Gasteiger partial charge < -0.3 is 11.1 Å². The van der Waals surface area contributed by atoms with Crippen molar-refractivity contribution < 1.29 is 22.6 Å². The van der Waals surface area contributed by atoms with Gasteiger partial charge in [-0.25, -0.2) is 10.2 Å². The molecular weight excluding hydrogens is 288 g/mol. The molecule has 0 aromatic carbocycles. The third-order valence-electron chi connectivity index (χ3n) is 2.97. The molecule has 2 amide bonds. The fourth-order valence-corrected chi connectivity index (χ4v) is 2.50. The van der Waals surface area contributed by atoms with Crippen molar-refractivity contribution in [3.05, 3.63) is 23.4 Å². The van der Waals surface area contributed by atoms with Gasteiger partial charge in [-0.2, -0.15) is 13.5 Å². The fraction of sp³-hybridized carbons (Fsp3) is 0.300. The van der Waals surface area contributed by atoms with Crippen LogP contribution in [0.3, 0.4) is 0 Å². The minimum Gasteiger partial charge on any atom is -0.364 e. The van der Waals surface area contributed by atoms with Crippen molar-refractivity contribution in [2.24, 2.45) is 10.8 Å². The van der Waals surface area contributed by atoms with E-state index in [1.807, 2.05) is 5.43 Å². The minimum atomic E-state index is -4.35. The number of urea groups is 1. The highest BCUT2D eigenvalue weighted by atomic mass is 32.2. The zero-order valence-corrected chi connectivity index (χ0v) is 11.2.